The second-order valence-corrected chi connectivity index (χ2v) is 11.8. The third-order valence-corrected chi connectivity index (χ3v) is 9.03. The number of hydrogen-bond donors (Lipinski definition) is 0. The van der Waals surface area contributed by atoms with E-state index < -0.39 is 15.9 Å². The lowest BCUT2D eigenvalue weighted by atomic mass is 9.94. The zero-order valence-corrected chi connectivity index (χ0v) is 21.6. The fraction of sp³-hybridized carbons (Fsp3) is 0.417. The number of rotatable bonds is 5. The molecule has 8 nitrogen and oxygen atoms in total. The monoisotopic (exact) mass is 503 g/mol. The topological polar surface area (TPSA) is 90.2 Å². The van der Waals surface area contributed by atoms with Crippen LogP contribution >= 0.6 is 11.3 Å². The third kappa shape index (κ3) is 4.62. The Morgan fingerprint density at radius 1 is 1.03 bits per heavy atom. The van der Waals surface area contributed by atoms with Crippen molar-refractivity contribution in [2.75, 3.05) is 27.3 Å². The number of carbonyl (C=O) groups excluding carboxylic acids is 1. The highest BCUT2D eigenvalue weighted by molar-refractivity contribution is 7.89. The van der Waals surface area contributed by atoms with E-state index in [1.807, 2.05) is 23.7 Å². The molecule has 2 atom stereocenters. The first kappa shape index (κ1) is 24.4. The zero-order valence-electron chi connectivity index (χ0n) is 19.9. The van der Waals surface area contributed by atoms with Gasteiger partial charge >= 0.3 is 0 Å². The summed E-state index contributed by atoms with van der Waals surface area (Å²) in [6.45, 7) is 5.17. The van der Waals surface area contributed by atoms with Gasteiger partial charge in [0.05, 0.1) is 29.3 Å². The van der Waals surface area contributed by atoms with E-state index in [1.165, 1.54) is 35.6 Å². The first-order valence-corrected chi connectivity index (χ1v) is 13.3. The smallest absolute Gasteiger partial charge is 0.279 e. The van der Waals surface area contributed by atoms with Gasteiger partial charge in [0, 0.05) is 37.8 Å². The number of benzene rings is 2. The summed E-state index contributed by atoms with van der Waals surface area (Å²) < 4.78 is 41.2. The van der Waals surface area contributed by atoms with Crippen LogP contribution in [0.4, 0.5) is 0 Å². The first-order valence-electron chi connectivity index (χ1n) is 11.0. The summed E-state index contributed by atoms with van der Waals surface area (Å²) in [6, 6.07) is 9.72. The second kappa shape index (κ2) is 9.52. The Morgan fingerprint density at radius 2 is 1.62 bits per heavy atom. The average Bonchev–Trinajstić information content (AvgIpc) is 3.11. The number of thiazole rings is 1. The summed E-state index contributed by atoms with van der Waals surface area (Å²) in [5.41, 5.74) is 1.19. The van der Waals surface area contributed by atoms with Gasteiger partial charge in [-0.1, -0.05) is 25.2 Å². The molecule has 0 spiro atoms. The molecule has 4 rings (SSSR count). The van der Waals surface area contributed by atoms with E-state index >= 15 is 0 Å². The fourth-order valence-electron chi connectivity index (χ4n) is 4.43. The Balaban J connectivity index is 1.62. The highest BCUT2D eigenvalue weighted by Crippen LogP contribution is 2.33. The molecule has 0 aliphatic carbocycles. The lowest BCUT2D eigenvalue weighted by Crippen LogP contribution is -2.42. The number of fused-ring (bicyclic) bond motifs is 1. The maximum atomic E-state index is 13.1. The van der Waals surface area contributed by atoms with Crippen molar-refractivity contribution < 1.29 is 22.7 Å². The number of hydrogen-bond acceptors (Lipinski definition) is 6. The predicted molar refractivity (Wildman–Crippen MR) is 132 cm³/mol. The molecular formula is C24H29N3O5S2. The van der Waals surface area contributed by atoms with Crippen molar-refractivity contribution in [3.8, 4) is 11.5 Å². The minimum absolute atomic E-state index is 0.192. The van der Waals surface area contributed by atoms with Gasteiger partial charge in [-0.05, 0) is 42.5 Å². The van der Waals surface area contributed by atoms with Gasteiger partial charge in [-0.2, -0.15) is 9.30 Å². The van der Waals surface area contributed by atoms with Gasteiger partial charge in [0.2, 0.25) is 10.0 Å². The number of amides is 1. The molecule has 1 amide bonds. The van der Waals surface area contributed by atoms with Gasteiger partial charge in [0.25, 0.3) is 5.91 Å². The van der Waals surface area contributed by atoms with E-state index in [0.717, 1.165) is 16.6 Å². The number of ether oxygens (including phenoxy) is 2. The van der Waals surface area contributed by atoms with Crippen LogP contribution in [0.2, 0.25) is 0 Å². The second-order valence-electron chi connectivity index (χ2n) is 8.83. The van der Waals surface area contributed by atoms with Crippen LogP contribution < -0.4 is 14.3 Å². The Kier molecular flexibility index (Phi) is 6.84. The number of aryl methyl sites for hydroxylation is 1. The summed E-state index contributed by atoms with van der Waals surface area (Å²) in [5.74, 6) is 1.39. The van der Waals surface area contributed by atoms with Crippen molar-refractivity contribution in [3.63, 3.8) is 0 Å². The number of piperidine rings is 1. The van der Waals surface area contributed by atoms with Crippen molar-refractivity contribution in [2.45, 2.75) is 25.2 Å². The van der Waals surface area contributed by atoms with Crippen molar-refractivity contribution >= 4 is 37.5 Å². The molecule has 2 aromatic carbocycles. The van der Waals surface area contributed by atoms with Gasteiger partial charge in [0.1, 0.15) is 0 Å². The molecule has 1 saturated heterocycles. The summed E-state index contributed by atoms with van der Waals surface area (Å²) in [7, 11) is 1.37. The van der Waals surface area contributed by atoms with Crippen LogP contribution in [0, 0.1) is 11.8 Å². The quantitative estimate of drug-likeness (QED) is 0.530. The number of nitrogens with zero attached hydrogens (tertiary/aromatic N) is 3. The molecular weight excluding hydrogens is 474 g/mol. The number of carbonyl (C=O) groups is 1. The van der Waals surface area contributed by atoms with Crippen LogP contribution in [-0.4, -0.2) is 50.5 Å². The molecule has 0 N–H and O–H groups in total. The van der Waals surface area contributed by atoms with Gasteiger partial charge < -0.3 is 14.0 Å². The van der Waals surface area contributed by atoms with E-state index in [0.29, 0.717) is 46.8 Å². The van der Waals surface area contributed by atoms with E-state index in [4.69, 9.17) is 9.47 Å². The number of sulfonamides is 1. The molecule has 1 aliphatic heterocycles. The number of aromatic nitrogens is 1. The molecule has 34 heavy (non-hydrogen) atoms. The predicted octanol–water partition coefficient (Wildman–Crippen LogP) is 3.66. The Labute approximate surface area is 203 Å². The maximum Gasteiger partial charge on any atom is 0.279 e. The van der Waals surface area contributed by atoms with E-state index in [2.05, 4.69) is 18.8 Å². The summed E-state index contributed by atoms with van der Waals surface area (Å²) in [6.07, 6.45) is 1.02. The highest BCUT2D eigenvalue weighted by atomic mass is 32.2. The molecule has 2 unspecified atom stereocenters. The fourth-order valence-corrected chi connectivity index (χ4v) is 7.14. The van der Waals surface area contributed by atoms with Gasteiger partial charge in [0.15, 0.2) is 16.3 Å². The summed E-state index contributed by atoms with van der Waals surface area (Å²) in [5, 5.41) is 0. The minimum Gasteiger partial charge on any atom is -0.493 e. The van der Waals surface area contributed by atoms with Gasteiger partial charge in [-0.15, -0.1) is 0 Å². The molecule has 3 aromatic rings. The molecule has 0 bridgehead atoms. The van der Waals surface area contributed by atoms with Gasteiger partial charge in [-0.25, -0.2) is 8.42 Å². The third-order valence-electron chi connectivity index (χ3n) is 6.09. The van der Waals surface area contributed by atoms with Crippen LogP contribution in [0.1, 0.15) is 30.6 Å². The van der Waals surface area contributed by atoms with E-state index in [-0.39, 0.29) is 4.90 Å². The molecule has 0 radical (unpaired) electrons. The number of methoxy groups -OCH3 is 2. The normalized spacial score (nSPS) is 20.0. The van der Waals surface area contributed by atoms with Crippen molar-refractivity contribution in [2.24, 2.45) is 23.9 Å². The molecule has 2 heterocycles. The van der Waals surface area contributed by atoms with Crippen LogP contribution in [0.25, 0.3) is 10.2 Å². The lowest BCUT2D eigenvalue weighted by Gasteiger charge is -2.34. The Bertz CT molecular complexity index is 1380. The van der Waals surface area contributed by atoms with Crippen LogP contribution in [0.3, 0.4) is 0 Å². The first-order chi connectivity index (χ1) is 16.1. The lowest BCUT2D eigenvalue weighted by molar-refractivity contribution is 0.0998. The Morgan fingerprint density at radius 3 is 2.21 bits per heavy atom. The standard InChI is InChI=1S/C24H29N3O5S2/c1-15-10-16(2)14-27(13-15)34(29,30)18-8-6-17(7-9-18)23(28)25-24-26(3)19-11-20(31-4)21(32-5)12-22(19)33-24/h6-9,11-12,15-16H,10,13-14H2,1-5H3. The van der Waals surface area contributed by atoms with Crippen molar-refractivity contribution in [1.82, 2.24) is 8.87 Å². The Hall–Kier alpha value is -2.69. The zero-order chi connectivity index (χ0) is 24.6. The maximum absolute atomic E-state index is 13.1. The molecule has 1 fully saturated rings. The van der Waals surface area contributed by atoms with Crippen LogP contribution in [0.5, 0.6) is 11.5 Å². The summed E-state index contributed by atoms with van der Waals surface area (Å²) >= 11 is 1.36. The molecule has 1 aliphatic rings. The molecule has 182 valence electrons. The molecule has 0 saturated carbocycles. The van der Waals surface area contributed by atoms with Crippen molar-refractivity contribution in [3.05, 3.63) is 46.8 Å². The SMILES string of the molecule is COc1cc2sc(=NC(=O)c3ccc(S(=O)(=O)N4CC(C)CC(C)C4)cc3)n(C)c2cc1OC. The molecule has 10 heteroatoms. The van der Waals surface area contributed by atoms with Crippen LogP contribution in [-0.2, 0) is 17.1 Å². The average molecular weight is 504 g/mol. The highest BCUT2D eigenvalue weighted by Gasteiger charge is 2.31. The molecule has 1 aromatic heterocycles. The minimum atomic E-state index is -3.60. The van der Waals surface area contributed by atoms with Crippen LogP contribution in [0.15, 0.2) is 46.3 Å². The largest absolute Gasteiger partial charge is 0.493 e. The van der Waals surface area contributed by atoms with Gasteiger partial charge in [-0.3, -0.25) is 4.79 Å². The van der Waals surface area contributed by atoms with E-state index in [9.17, 15) is 13.2 Å². The van der Waals surface area contributed by atoms with Crippen molar-refractivity contribution in [1.29, 1.82) is 0 Å². The van der Waals surface area contributed by atoms with E-state index in [1.54, 1.807) is 18.5 Å². The summed E-state index contributed by atoms with van der Waals surface area (Å²) in [4.78, 5) is 17.8.